The highest BCUT2D eigenvalue weighted by molar-refractivity contribution is 5.95. The molecular formula is C18H25N3O4. The average Bonchev–Trinajstić information content (AvgIpc) is 2.54. The first-order chi connectivity index (χ1) is 11.8. The highest BCUT2D eigenvalue weighted by atomic mass is 16.5. The zero-order valence-corrected chi connectivity index (χ0v) is 15.1. The van der Waals surface area contributed by atoms with Gasteiger partial charge in [-0.05, 0) is 31.9 Å². The van der Waals surface area contributed by atoms with Crippen LogP contribution in [0.15, 0.2) is 12.1 Å². The molecule has 0 radical (unpaired) electrons. The Bertz CT molecular complexity index is 664. The lowest BCUT2D eigenvalue weighted by molar-refractivity contribution is -0.146. The topological polar surface area (TPSA) is 87.7 Å². The van der Waals surface area contributed by atoms with Crippen LogP contribution in [0.3, 0.4) is 0 Å². The van der Waals surface area contributed by atoms with Gasteiger partial charge in [-0.3, -0.25) is 19.3 Å². The number of nitrogens with zero attached hydrogens (tertiary/aromatic N) is 1. The molecule has 1 fully saturated rings. The SMILES string of the molecule is COC(=O)CC1C(=O)NCCN1CC(=O)Nc1c(C)cc(C)cc1C. The van der Waals surface area contributed by atoms with Crippen LogP contribution in [0.1, 0.15) is 23.1 Å². The zero-order chi connectivity index (χ0) is 18.6. The maximum atomic E-state index is 12.5. The molecule has 0 saturated carbocycles. The van der Waals surface area contributed by atoms with Gasteiger partial charge < -0.3 is 15.4 Å². The number of esters is 1. The van der Waals surface area contributed by atoms with Crippen LogP contribution in [-0.2, 0) is 19.1 Å². The molecule has 1 saturated heterocycles. The first-order valence-electron chi connectivity index (χ1n) is 8.28. The van der Waals surface area contributed by atoms with Gasteiger partial charge in [0.05, 0.1) is 20.1 Å². The summed E-state index contributed by atoms with van der Waals surface area (Å²) >= 11 is 0. The lowest BCUT2D eigenvalue weighted by Crippen LogP contribution is -2.57. The van der Waals surface area contributed by atoms with E-state index >= 15 is 0 Å². The van der Waals surface area contributed by atoms with Crippen molar-refractivity contribution in [3.8, 4) is 0 Å². The zero-order valence-electron chi connectivity index (χ0n) is 15.1. The number of methoxy groups -OCH3 is 1. The highest BCUT2D eigenvalue weighted by Gasteiger charge is 2.33. The van der Waals surface area contributed by atoms with E-state index in [1.807, 2.05) is 32.9 Å². The number of carbonyl (C=O) groups excluding carboxylic acids is 3. The van der Waals surface area contributed by atoms with Gasteiger partial charge in [-0.15, -0.1) is 0 Å². The fourth-order valence-electron chi connectivity index (χ4n) is 3.16. The van der Waals surface area contributed by atoms with Crippen molar-refractivity contribution >= 4 is 23.5 Å². The summed E-state index contributed by atoms with van der Waals surface area (Å²) in [5.41, 5.74) is 3.92. The second kappa shape index (κ2) is 8.11. The van der Waals surface area contributed by atoms with Crippen molar-refractivity contribution in [2.75, 3.05) is 32.1 Å². The molecule has 25 heavy (non-hydrogen) atoms. The van der Waals surface area contributed by atoms with Gasteiger partial charge in [-0.25, -0.2) is 0 Å². The molecule has 0 bridgehead atoms. The third-order valence-corrected chi connectivity index (χ3v) is 4.32. The Morgan fingerprint density at radius 3 is 2.52 bits per heavy atom. The van der Waals surface area contributed by atoms with E-state index < -0.39 is 12.0 Å². The van der Waals surface area contributed by atoms with Crippen LogP contribution in [0.4, 0.5) is 5.69 Å². The van der Waals surface area contributed by atoms with Crippen LogP contribution in [0, 0.1) is 20.8 Å². The van der Waals surface area contributed by atoms with Crippen molar-refractivity contribution in [1.29, 1.82) is 0 Å². The van der Waals surface area contributed by atoms with E-state index in [9.17, 15) is 14.4 Å². The number of carbonyl (C=O) groups is 3. The van der Waals surface area contributed by atoms with E-state index in [1.54, 1.807) is 4.90 Å². The summed E-state index contributed by atoms with van der Waals surface area (Å²) in [6.07, 6.45) is -0.0712. The van der Waals surface area contributed by atoms with Gasteiger partial charge in [-0.1, -0.05) is 17.7 Å². The minimum absolute atomic E-state index is 0.0435. The molecule has 1 aliphatic rings. The molecule has 7 nitrogen and oxygen atoms in total. The quantitative estimate of drug-likeness (QED) is 0.773. The molecule has 1 unspecified atom stereocenters. The van der Waals surface area contributed by atoms with Crippen LogP contribution in [-0.4, -0.2) is 55.5 Å². The second-order valence-corrected chi connectivity index (χ2v) is 6.38. The summed E-state index contributed by atoms with van der Waals surface area (Å²) in [6, 6.07) is 3.33. The van der Waals surface area contributed by atoms with Crippen molar-refractivity contribution in [2.24, 2.45) is 0 Å². The van der Waals surface area contributed by atoms with Crippen LogP contribution in [0.5, 0.6) is 0 Å². The lowest BCUT2D eigenvalue weighted by Gasteiger charge is -2.33. The van der Waals surface area contributed by atoms with Gasteiger partial charge in [0.15, 0.2) is 0 Å². The second-order valence-electron chi connectivity index (χ2n) is 6.38. The van der Waals surface area contributed by atoms with Crippen molar-refractivity contribution in [3.05, 3.63) is 28.8 Å². The normalized spacial score (nSPS) is 17.8. The summed E-state index contributed by atoms with van der Waals surface area (Å²) in [5, 5.41) is 5.65. The Kier molecular flexibility index (Phi) is 6.14. The van der Waals surface area contributed by atoms with Crippen LogP contribution >= 0.6 is 0 Å². The Labute approximate surface area is 147 Å². The van der Waals surface area contributed by atoms with Crippen LogP contribution in [0.25, 0.3) is 0 Å². The molecule has 1 heterocycles. The van der Waals surface area contributed by atoms with Crippen molar-refractivity contribution in [3.63, 3.8) is 0 Å². The fourth-order valence-corrected chi connectivity index (χ4v) is 3.16. The molecule has 1 atom stereocenters. The van der Waals surface area contributed by atoms with Crippen LogP contribution in [0.2, 0.25) is 0 Å². The summed E-state index contributed by atoms with van der Waals surface area (Å²) in [6.45, 7) is 6.91. The minimum atomic E-state index is -0.688. The Morgan fingerprint density at radius 1 is 1.28 bits per heavy atom. The maximum absolute atomic E-state index is 12.5. The van der Waals surface area contributed by atoms with Crippen LogP contribution < -0.4 is 10.6 Å². The minimum Gasteiger partial charge on any atom is -0.469 e. The number of hydrogen-bond donors (Lipinski definition) is 2. The van der Waals surface area contributed by atoms with Gasteiger partial charge in [0, 0.05) is 18.8 Å². The van der Waals surface area contributed by atoms with Gasteiger partial charge >= 0.3 is 5.97 Å². The molecule has 2 amide bonds. The Morgan fingerprint density at radius 2 is 1.92 bits per heavy atom. The summed E-state index contributed by atoms with van der Waals surface area (Å²) in [4.78, 5) is 37.8. The van der Waals surface area contributed by atoms with E-state index in [1.165, 1.54) is 7.11 Å². The maximum Gasteiger partial charge on any atom is 0.307 e. The molecule has 0 spiro atoms. The fraction of sp³-hybridized carbons (Fsp3) is 0.500. The predicted octanol–water partition coefficient (Wildman–Crippen LogP) is 0.914. The molecular weight excluding hydrogens is 322 g/mol. The standard InChI is InChI=1S/C18H25N3O4/c1-11-7-12(2)17(13(3)8-11)20-15(22)10-21-6-5-19-18(24)14(21)9-16(23)25-4/h7-8,14H,5-6,9-10H2,1-4H3,(H,19,24)(H,20,22). The van der Waals surface area contributed by atoms with Crippen molar-refractivity contribution < 1.29 is 19.1 Å². The molecule has 1 aromatic carbocycles. The molecule has 0 aliphatic carbocycles. The molecule has 2 N–H and O–H groups in total. The number of nitrogens with one attached hydrogen (secondary N) is 2. The largest absolute Gasteiger partial charge is 0.469 e. The van der Waals surface area contributed by atoms with E-state index in [-0.39, 0.29) is 24.8 Å². The number of amides is 2. The number of aryl methyl sites for hydroxylation is 3. The monoisotopic (exact) mass is 347 g/mol. The first-order valence-corrected chi connectivity index (χ1v) is 8.28. The Hall–Kier alpha value is -2.41. The van der Waals surface area contributed by atoms with Crippen molar-refractivity contribution in [2.45, 2.75) is 33.2 Å². The van der Waals surface area contributed by atoms with E-state index in [0.29, 0.717) is 13.1 Å². The van der Waals surface area contributed by atoms with Gasteiger partial charge in [0.25, 0.3) is 0 Å². The van der Waals surface area contributed by atoms with Gasteiger partial charge in [0.2, 0.25) is 11.8 Å². The van der Waals surface area contributed by atoms with Crippen molar-refractivity contribution in [1.82, 2.24) is 10.2 Å². The molecule has 1 aliphatic heterocycles. The number of rotatable bonds is 5. The molecule has 7 heteroatoms. The third kappa shape index (κ3) is 4.79. The molecule has 136 valence electrons. The van der Waals surface area contributed by atoms with Gasteiger partial charge in [0.1, 0.15) is 6.04 Å². The first kappa shape index (κ1) is 18.9. The smallest absolute Gasteiger partial charge is 0.307 e. The molecule has 2 rings (SSSR count). The lowest BCUT2D eigenvalue weighted by atomic mass is 10.0. The highest BCUT2D eigenvalue weighted by Crippen LogP contribution is 2.22. The summed E-state index contributed by atoms with van der Waals surface area (Å²) < 4.78 is 4.65. The number of anilines is 1. The number of benzene rings is 1. The van der Waals surface area contributed by atoms with E-state index in [0.717, 1.165) is 22.4 Å². The predicted molar refractivity (Wildman–Crippen MR) is 94.3 cm³/mol. The number of hydrogen-bond acceptors (Lipinski definition) is 5. The molecule has 0 aromatic heterocycles. The molecule has 1 aromatic rings. The average molecular weight is 347 g/mol. The van der Waals surface area contributed by atoms with Gasteiger partial charge in [-0.2, -0.15) is 0 Å². The van der Waals surface area contributed by atoms with E-state index in [2.05, 4.69) is 15.4 Å². The van der Waals surface area contributed by atoms with E-state index in [4.69, 9.17) is 0 Å². The number of ether oxygens (including phenoxy) is 1. The number of piperazine rings is 1. The summed E-state index contributed by atoms with van der Waals surface area (Å²) in [7, 11) is 1.28. The third-order valence-electron chi connectivity index (χ3n) is 4.32. The Balaban J connectivity index is 2.07. The summed E-state index contributed by atoms with van der Waals surface area (Å²) in [5.74, 6) is -0.940.